The molecule has 0 aliphatic heterocycles. The lowest BCUT2D eigenvalue weighted by atomic mass is 9.93. The number of nitrogen functional groups attached to an aromatic ring is 1. The number of aliphatic hydroxyl groups excluding tert-OH is 1. The van der Waals surface area contributed by atoms with Crippen LogP contribution in [-0.4, -0.2) is 35.0 Å². The lowest BCUT2D eigenvalue weighted by Gasteiger charge is -2.34. The number of rotatable bonds is 6. The average Bonchev–Trinajstić information content (AvgIpc) is 2.49. The Labute approximate surface area is 127 Å². The highest BCUT2D eigenvalue weighted by Gasteiger charge is 2.21. The minimum atomic E-state index is 0.115. The molecule has 1 saturated carbocycles. The van der Waals surface area contributed by atoms with Crippen molar-refractivity contribution in [2.24, 2.45) is 5.73 Å². The summed E-state index contributed by atoms with van der Waals surface area (Å²) in [7, 11) is 0. The lowest BCUT2D eigenvalue weighted by molar-refractivity contribution is 0.117. The molecular formula is C17H27N3O. The summed E-state index contributed by atoms with van der Waals surface area (Å²) >= 11 is 0. The van der Waals surface area contributed by atoms with Crippen molar-refractivity contribution < 1.29 is 5.11 Å². The molecule has 1 aromatic carbocycles. The first-order valence-electron chi connectivity index (χ1n) is 7.90. The number of nitrogens with two attached hydrogens (primary N) is 1. The van der Waals surface area contributed by atoms with Crippen LogP contribution in [0.15, 0.2) is 18.2 Å². The van der Waals surface area contributed by atoms with E-state index >= 15 is 0 Å². The van der Waals surface area contributed by atoms with Crippen LogP contribution in [-0.2, 0) is 6.54 Å². The third-order valence-electron chi connectivity index (χ3n) is 4.51. The van der Waals surface area contributed by atoms with Crippen LogP contribution in [0.5, 0.6) is 0 Å². The van der Waals surface area contributed by atoms with Crippen molar-refractivity contribution in [3.8, 4) is 0 Å². The maximum absolute atomic E-state index is 9.35. The number of aryl methyl sites for hydroxylation is 1. The Morgan fingerprint density at radius 1 is 1.33 bits per heavy atom. The molecule has 0 heterocycles. The topological polar surface area (TPSA) is 73.3 Å². The van der Waals surface area contributed by atoms with Crippen molar-refractivity contribution in [2.75, 3.05) is 13.2 Å². The Morgan fingerprint density at radius 3 is 2.62 bits per heavy atom. The number of hydrogen-bond acceptors (Lipinski definition) is 3. The first kappa shape index (κ1) is 16.0. The van der Waals surface area contributed by atoms with Gasteiger partial charge >= 0.3 is 0 Å². The second-order valence-electron chi connectivity index (χ2n) is 6.04. The second-order valence-corrected chi connectivity index (χ2v) is 6.04. The van der Waals surface area contributed by atoms with Gasteiger partial charge in [-0.25, -0.2) is 0 Å². The number of amidine groups is 1. The minimum Gasteiger partial charge on any atom is -0.395 e. The molecule has 1 fully saturated rings. The molecule has 0 radical (unpaired) electrons. The van der Waals surface area contributed by atoms with Gasteiger partial charge in [-0.2, -0.15) is 0 Å². The van der Waals surface area contributed by atoms with E-state index in [1.165, 1.54) is 43.2 Å². The molecule has 0 atom stereocenters. The summed E-state index contributed by atoms with van der Waals surface area (Å²) < 4.78 is 0. The lowest BCUT2D eigenvalue weighted by Crippen LogP contribution is -2.38. The Hall–Kier alpha value is -1.39. The molecule has 0 spiro atoms. The van der Waals surface area contributed by atoms with Gasteiger partial charge < -0.3 is 10.8 Å². The minimum absolute atomic E-state index is 0.115. The van der Waals surface area contributed by atoms with Gasteiger partial charge in [0.1, 0.15) is 5.84 Å². The summed E-state index contributed by atoms with van der Waals surface area (Å²) in [6.07, 6.45) is 6.43. The van der Waals surface area contributed by atoms with Crippen molar-refractivity contribution in [2.45, 2.75) is 51.6 Å². The molecule has 4 nitrogen and oxygen atoms in total. The van der Waals surface area contributed by atoms with Crippen LogP contribution in [0.1, 0.15) is 48.8 Å². The summed E-state index contributed by atoms with van der Waals surface area (Å²) in [6.45, 7) is 3.88. The van der Waals surface area contributed by atoms with E-state index in [9.17, 15) is 5.11 Å². The van der Waals surface area contributed by atoms with Crippen LogP contribution in [0, 0.1) is 12.3 Å². The van der Waals surface area contributed by atoms with E-state index in [2.05, 4.69) is 17.9 Å². The second kappa shape index (κ2) is 7.57. The molecule has 4 N–H and O–H groups in total. The van der Waals surface area contributed by atoms with Gasteiger partial charge in [-0.1, -0.05) is 31.4 Å². The van der Waals surface area contributed by atoms with E-state index in [0.717, 1.165) is 18.7 Å². The number of aliphatic hydroxyl groups is 1. The summed E-state index contributed by atoms with van der Waals surface area (Å²) in [4.78, 5) is 2.41. The van der Waals surface area contributed by atoms with E-state index in [1.54, 1.807) is 0 Å². The number of benzene rings is 1. The van der Waals surface area contributed by atoms with Gasteiger partial charge in [0.25, 0.3) is 0 Å². The summed E-state index contributed by atoms with van der Waals surface area (Å²) in [5.74, 6) is 0.115. The quantitative estimate of drug-likeness (QED) is 0.556. The fraction of sp³-hybridized carbons (Fsp3) is 0.588. The smallest absolute Gasteiger partial charge is 0.122 e. The first-order chi connectivity index (χ1) is 10.1. The predicted molar refractivity (Wildman–Crippen MR) is 86.6 cm³/mol. The third kappa shape index (κ3) is 4.29. The molecule has 1 aliphatic rings. The molecule has 2 rings (SSSR count). The van der Waals surface area contributed by atoms with Crippen LogP contribution in [0.25, 0.3) is 0 Å². The molecule has 0 bridgehead atoms. The summed E-state index contributed by atoms with van der Waals surface area (Å²) in [5, 5.41) is 16.8. The van der Waals surface area contributed by atoms with Crippen LogP contribution < -0.4 is 5.73 Å². The Morgan fingerprint density at radius 2 is 2.05 bits per heavy atom. The zero-order valence-electron chi connectivity index (χ0n) is 12.9. The fourth-order valence-corrected chi connectivity index (χ4v) is 3.22. The fourth-order valence-electron chi connectivity index (χ4n) is 3.22. The average molecular weight is 289 g/mol. The van der Waals surface area contributed by atoms with Crippen molar-refractivity contribution in [3.05, 3.63) is 34.9 Å². The van der Waals surface area contributed by atoms with Gasteiger partial charge in [0.2, 0.25) is 0 Å². The molecule has 0 amide bonds. The van der Waals surface area contributed by atoms with E-state index in [-0.39, 0.29) is 12.4 Å². The number of hydrogen-bond donors (Lipinski definition) is 3. The van der Waals surface area contributed by atoms with Crippen LogP contribution in [0.2, 0.25) is 0 Å². The molecule has 0 saturated heterocycles. The van der Waals surface area contributed by atoms with Crippen LogP contribution >= 0.6 is 0 Å². The standard InChI is InChI=1S/C17H27N3O/c1-13-11-14(17(18)19)7-8-15(13)12-20(9-10-21)16-5-3-2-4-6-16/h7-8,11,16,21H,2-6,9-10,12H2,1H3,(H3,18,19). The molecular weight excluding hydrogens is 262 g/mol. The van der Waals surface area contributed by atoms with Crippen molar-refractivity contribution in [1.82, 2.24) is 4.90 Å². The molecule has 1 aliphatic carbocycles. The van der Waals surface area contributed by atoms with Gasteiger partial charge in [0.05, 0.1) is 6.61 Å². The number of nitrogens with one attached hydrogen (secondary N) is 1. The van der Waals surface area contributed by atoms with Crippen molar-refractivity contribution in [3.63, 3.8) is 0 Å². The summed E-state index contributed by atoms with van der Waals surface area (Å²) in [5.41, 5.74) is 8.75. The predicted octanol–water partition coefficient (Wildman–Crippen LogP) is 2.41. The zero-order chi connectivity index (χ0) is 15.2. The summed E-state index contributed by atoms with van der Waals surface area (Å²) in [6, 6.07) is 6.57. The van der Waals surface area contributed by atoms with E-state index in [4.69, 9.17) is 11.1 Å². The van der Waals surface area contributed by atoms with Crippen molar-refractivity contribution in [1.29, 1.82) is 5.41 Å². The van der Waals surface area contributed by atoms with E-state index < -0.39 is 0 Å². The molecule has 0 unspecified atom stereocenters. The van der Waals surface area contributed by atoms with Gasteiger partial charge in [0.15, 0.2) is 0 Å². The first-order valence-corrected chi connectivity index (χ1v) is 7.90. The largest absolute Gasteiger partial charge is 0.395 e. The van der Waals surface area contributed by atoms with Crippen LogP contribution in [0.3, 0.4) is 0 Å². The molecule has 116 valence electrons. The maximum Gasteiger partial charge on any atom is 0.122 e. The normalized spacial score (nSPS) is 16.3. The van der Waals surface area contributed by atoms with Gasteiger partial charge in [0, 0.05) is 24.7 Å². The van der Waals surface area contributed by atoms with Gasteiger partial charge in [-0.05, 0) is 37.0 Å². The Kier molecular flexibility index (Phi) is 5.76. The SMILES string of the molecule is Cc1cc(C(=N)N)ccc1CN(CCO)C1CCCCC1. The van der Waals surface area contributed by atoms with E-state index in [1.807, 2.05) is 12.1 Å². The third-order valence-corrected chi connectivity index (χ3v) is 4.51. The molecule has 21 heavy (non-hydrogen) atoms. The highest BCUT2D eigenvalue weighted by Crippen LogP contribution is 2.24. The number of nitrogens with zero attached hydrogens (tertiary/aromatic N) is 1. The molecule has 1 aromatic rings. The van der Waals surface area contributed by atoms with Crippen molar-refractivity contribution >= 4 is 5.84 Å². The maximum atomic E-state index is 9.35. The van der Waals surface area contributed by atoms with E-state index in [0.29, 0.717) is 6.04 Å². The highest BCUT2D eigenvalue weighted by molar-refractivity contribution is 5.95. The van der Waals surface area contributed by atoms with Crippen LogP contribution in [0.4, 0.5) is 0 Å². The monoisotopic (exact) mass is 289 g/mol. The Balaban J connectivity index is 2.10. The molecule has 0 aromatic heterocycles. The van der Waals surface area contributed by atoms with Gasteiger partial charge in [-0.3, -0.25) is 10.3 Å². The molecule has 4 heteroatoms. The van der Waals surface area contributed by atoms with Gasteiger partial charge in [-0.15, -0.1) is 0 Å². The Bertz CT molecular complexity index is 481. The zero-order valence-corrected chi connectivity index (χ0v) is 12.9. The highest BCUT2D eigenvalue weighted by atomic mass is 16.3.